The van der Waals surface area contributed by atoms with Crippen LogP contribution in [0.1, 0.15) is 57.8 Å². The third-order valence-electron chi connectivity index (χ3n) is 5.22. The van der Waals surface area contributed by atoms with Gasteiger partial charge in [-0.25, -0.2) is 0 Å². The minimum atomic E-state index is 0.223. The first kappa shape index (κ1) is 11.1. The number of hydrogen-bond donors (Lipinski definition) is 1. The molecule has 0 spiro atoms. The predicted octanol–water partition coefficient (Wildman–Crippen LogP) is 3.62. The average molecular weight is 238 g/mol. The SMILES string of the molecule is O=C1CCCCC1CC1(S)CC2CCC1C2. The summed E-state index contributed by atoms with van der Waals surface area (Å²) in [5, 5.41) is 0. The highest BCUT2D eigenvalue weighted by molar-refractivity contribution is 7.81. The van der Waals surface area contributed by atoms with E-state index in [0.29, 0.717) is 11.7 Å². The number of Topliss-reactive ketones (excluding diaryl/α,β-unsaturated/α-hetero) is 1. The third-order valence-corrected chi connectivity index (χ3v) is 5.95. The molecule has 0 amide bonds. The molecule has 0 aliphatic heterocycles. The molecule has 0 N–H and O–H groups in total. The van der Waals surface area contributed by atoms with Crippen molar-refractivity contribution in [3.63, 3.8) is 0 Å². The Bertz CT molecular complexity index is 301. The highest BCUT2D eigenvalue weighted by Gasteiger charge is 2.49. The van der Waals surface area contributed by atoms with Gasteiger partial charge in [-0.15, -0.1) is 0 Å². The van der Waals surface area contributed by atoms with Crippen LogP contribution in [-0.2, 0) is 4.79 Å². The van der Waals surface area contributed by atoms with Crippen molar-refractivity contribution in [3.8, 4) is 0 Å². The van der Waals surface area contributed by atoms with Crippen molar-refractivity contribution in [1.29, 1.82) is 0 Å². The summed E-state index contributed by atoms with van der Waals surface area (Å²) in [6.45, 7) is 0. The smallest absolute Gasteiger partial charge is 0.136 e. The zero-order valence-corrected chi connectivity index (χ0v) is 10.8. The molecular formula is C14H22OS. The zero-order chi connectivity index (χ0) is 11.2. The van der Waals surface area contributed by atoms with Crippen LogP contribution in [0.3, 0.4) is 0 Å². The second kappa shape index (κ2) is 4.04. The molecule has 0 saturated heterocycles. The number of thiol groups is 1. The van der Waals surface area contributed by atoms with Crippen molar-refractivity contribution in [1.82, 2.24) is 0 Å². The summed E-state index contributed by atoms with van der Waals surface area (Å²) in [6, 6.07) is 0. The van der Waals surface area contributed by atoms with Gasteiger partial charge in [-0.05, 0) is 50.4 Å². The molecule has 1 nitrogen and oxygen atoms in total. The fourth-order valence-electron chi connectivity index (χ4n) is 4.36. The average Bonchev–Trinajstić information content (AvgIpc) is 2.81. The molecule has 2 bridgehead atoms. The molecule has 0 radical (unpaired) electrons. The lowest BCUT2D eigenvalue weighted by Gasteiger charge is -2.36. The van der Waals surface area contributed by atoms with E-state index in [-0.39, 0.29) is 4.75 Å². The summed E-state index contributed by atoms with van der Waals surface area (Å²) in [5.41, 5.74) is 0. The molecule has 3 rings (SSSR count). The molecule has 0 aromatic carbocycles. The van der Waals surface area contributed by atoms with E-state index in [9.17, 15) is 4.79 Å². The number of carbonyl (C=O) groups excluding carboxylic acids is 1. The van der Waals surface area contributed by atoms with Crippen LogP contribution >= 0.6 is 12.6 Å². The fraction of sp³-hybridized carbons (Fsp3) is 0.929. The van der Waals surface area contributed by atoms with Crippen LogP contribution in [0, 0.1) is 17.8 Å². The molecule has 3 fully saturated rings. The van der Waals surface area contributed by atoms with Crippen LogP contribution in [0.25, 0.3) is 0 Å². The predicted molar refractivity (Wildman–Crippen MR) is 68.7 cm³/mol. The number of hydrogen-bond acceptors (Lipinski definition) is 2. The molecule has 4 atom stereocenters. The van der Waals surface area contributed by atoms with Crippen LogP contribution in [0.15, 0.2) is 0 Å². The molecule has 0 aromatic rings. The van der Waals surface area contributed by atoms with Crippen LogP contribution in [-0.4, -0.2) is 10.5 Å². The summed E-state index contributed by atoms with van der Waals surface area (Å²) in [5.74, 6) is 2.63. The summed E-state index contributed by atoms with van der Waals surface area (Å²) in [7, 11) is 0. The van der Waals surface area contributed by atoms with Gasteiger partial charge in [-0.3, -0.25) is 4.79 Å². The molecular weight excluding hydrogens is 216 g/mol. The van der Waals surface area contributed by atoms with Crippen molar-refractivity contribution in [2.45, 2.75) is 62.5 Å². The van der Waals surface area contributed by atoms with Crippen molar-refractivity contribution >= 4 is 18.4 Å². The number of carbonyl (C=O) groups is 1. The molecule has 90 valence electrons. The highest BCUT2D eigenvalue weighted by atomic mass is 32.1. The van der Waals surface area contributed by atoms with Gasteiger partial charge in [0.25, 0.3) is 0 Å². The summed E-state index contributed by atoms with van der Waals surface area (Å²) in [6.07, 6.45) is 10.9. The Balaban J connectivity index is 1.67. The normalized spacial score (nSPS) is 47.6. The molecule has 4 unspecified atom stereocenters. The van der Waals surface area contributed by atoms with Gasteiger partial charge in [0, 0.05) is 17.1 Å². The molecule has 3 aliphatic rings. The van der Waals surface area contributed by atoms with E-state index in [1.54, 1.807) is 0 Å². The third kappa shape index (κ3) is 1.83. The van der Waals surface area contributed by atoms with Gasteiger partial charge in [0.2, 0.25) is 0 Å². The lowest BCUT2D eigenvalue weighted by molar-refractivity contribution is -0.125. The van der Waals surface area contributed by atoms with E-state index in [1.165, 1.54) is 32.1 Å². The summed E-state index contributed by atoms with van der Waals surface area (Å²) < 4.78 is 0.223. The van der Waals surface area contributed by atoms with E-state index >= 15 is 0 Å². The van der Waals surface area contributed by atoms with Gasteiger partial charge in [0.05, 0.1) is 0 Å². The second-order valence-electron chi connectivity index (χ2n) is 6.30. The Kier molecular flexibility index (Phi) is 2.81. The zero-order valence-electron chi connectivity index (χ0n) is 9.95. The Morgan fingerprint density at radius 1 is 1.25 bits per heavy atom. The quantitative estimate of drug-likeness (QED) is 0.727. The Morgan fingerprint density at radius 2 is 2.12 bits per heavy atom. The lowest BCUT2D eigenvalue weighted by atomic mass is 9.76. The van der Waals surface area contributed by atoms with Crippen molar-refractivity contribution in [2.24, 2.45) is 17.8 Å². The van der Waals surface area contributed by atoms with Crippen molar-refractivity contribution in [2.75, 3.05) is 0 Å². The van der Waals surface area contributed by atoms with Crippen molar-refractivity contribution < 1.29 is 4.79 Å². The Labute approximate surface area is 104 Å². The first-order chi connectivity index (χ1) is 7.67. The van der Waals surface area contributed by atoms with Crippen molar-refractivity contribution in [3.05, 3.63) is 0 Å². The minimum absolute atomic E-state index is 0.223. The maximum absolute atomic E-state index is 11.9. The Hall–Kier alpha value is 0.0200. The van der Waals surface area contributed by atoms with Gasteiger partial charge in [-0.1, -0.05) is 12.8 Å². The number of fused-ring (bicyclic) bond motifs is 2. The molecule has 16 heavy (non-hydrogen) atoms. The molecule has 3 saturated carbocycles. The number of rotatable bonds is 2. The van der Waals surface area contributed by atoms with Gasteiger partial charge >= 0.3 is 0 Å². The van der Waals surface area contributed by atoms with E-state index in [0.717, 1.165) is 37.5 Å². The van der Waals surface area contributed by atoms with Gasteiger partial charge in [-0.2, -0.15) is 12.6 Å². The van der Waals surface area contributed by atoms with Crippen LogP contribution in [0.2, 0.25) is 0 Å². The summed E-state index contributed by atoms with van der Waals surface area (Å²) in [4.78, 5) is 11.9. The van der Waals surface area contributed by atoms with E-state index < -0.39 is 0 Å². The van der Waals surface area contributed by atoms with E-state index in [4.69, 9.17) is 12.6 Å². The molecule has 0 heterocycles. The van der Waals surface area contributed by atoms with Crippen LogP contribution in [0.5, 0.6) is 0 Å². The first-order valence-electron chi connectivity index (χ1n) is 6.92. The fourth-order valence-corrected chi connectivity index (χ4v) is 5.08. The van der Waals surface area contributed by atoms with E-state index in [1.807, 2.05) is 0 Å². The topological polar surface area (TPSA) is 17.1 Å². The largest absolute Gasteiger partial charge is 0.299 e. The number of ketones is 1. The summed E-state index contributed by atoms with van der Waals surface area (Å²) >= 11 is 4.99. The Morgan fingerprint density at radius 3 is 2.75 bits per heavy atom. The van der Waals surface area contributed by atoms with Gasteiger partial charge in [0.15, 0.2) is 0 Å². The maximum Gasteiger partial charge on any atom is 0.136 e. The molecule has 2 heteroatoms. The van der Waals surface area contributed by atoms with Gasteiger partial charge in [0.1, 0.15) is 5.78 Å². The minimum Gasteiger partial charge on any atom is -0.299 e. The van der Waals surface area contributed by atoms with Crippen LogP contribution in [0.4, 0.5) is 0 Å². The lowest BCUT2D eigenvalue weighted by Crippen LogP contribution is -2.35. The first-order valence-corrected chi connectivity index (χ1v) is 7.37. The maximum atomic E-state index is 11.9. The molecule has 3 aliphatic carbocycles. The highest BCUT2D eigenvalue weighted by Crippen LogP contribution is 2.56. The monoisotopic (exact) mass is 238 g/mol. The standard InChI is InChI=1S/C14H22OS/c15-13-4-2-1-3-11(13)9-14(16)8-10-5-6-12(14)7-10/h10-12,16H,1-9H2. The van der Waals surface area contributed by atoms with Gasteiger partial charge < -0.3 is 0 Å². The molecule has 0 aromatic heterocycles. The van der Waals surface area contributed by atoms with Crippen LogP contribution < -0.4 is 0 Å². The second-order valence-corrected chi connectivity index (χ2v) is 7.19. The van der Waals surface area contributed by atoms with E-state index in [2.05, 4.69) is 0 Å².